The summed E-state index contributed by atoms with van der Waals surface area (Å²) in [6, 6.07) is 10.7. The van der Waals surface area contributed by atoms with E-state index in [-0.39, 0.29) is 0 Å². The minimum Gasteiger partial charge on any atom is -0.497 e. The van der Waals surface area contributed by atoms with Crippen LogP contribution in [-0.2, 0) is 6.42 Å². The molecule has 0 spiro atoms. The lowest BCUT2D eigenvalue weighted by atomic mass is 10.0. The van der Waals surface area contributed by atoms with Crippen LogP contribution in [0.2, 0.25) is 10.0 Å². The molecule has 0 aliphatic rings. The van der Waals surface area contributed by atoms with Crippen LogP contribution in [0.3, 0.4) is 0 Å². The van der Waals surface area contributed by atoms with Crippen LogP contribution in [0.4, 0.5) is 0 Å². The third-order valence-corrected chi connectivity index (χ3v) is 4.31. The average molecular weight is 376 g/mol. The lowest BCUT2D eigenvalue weighted by molar-refractivity contribution is 0.177. The molecule has 0 bridgehead atoms. The Morgan fingerprint density at radius 3 is 2.65 bits per heavy atom. The van der Waals surface area contributed by atoms with Crippen molar-refractivity contribution in [3.63, 3.8) is 0 Å². The second kappa shape index (κ2) is 6.81. The zero-order valence-electron chi connectivity index (χ0n) is 10.7. The van der Waals surface area contributed by atoms with E-state index >= 15 is 0 Å². The van der Waals surface area contributed by atoms with E-state index in [0.717, 1.165) is 15.6 Å². The normalized spacial score (nSPS) is 12.2. The van der Waals surface area contributed by atoms with Gasteiger partial charge in [0.2, 0.25) is 0 Å². The summed E-state index contributed by atoms with van der Waals surface area (Å²) in [6.45, 7) is 0. The Balaban J connectivity index is 2.27. The van der Waals surface area contributed by atoms with Crippen molar-refractivity contribution in [3.05, 3.63) is 62.0 Å². The standard InChI is InChI=1S/C15H13BrCl2O2/c1-20-11-3-4-13(16)12(8-11)15(19)7-9-6-10(17)2-5-14(9)18/h2-6,8,15,19H,7H2,1H3. The van der Waals surface area contributed by atoms with Gasteiger partial charge in [0.25, 0.3) is 0 Å². The molecular formula is C15H13BrCl2O2. The first kappa shape index (κ1) is 15.6. The molecule has 0 saturated heterocycles. The Labute approximate surface area is 136 Å². The van der Waals surface area contributed by atoms with Gasteiger partial charge < -0.3 is 9.84 Å². The number of hydrogen-bond donors (Lipinski definition) is 1. The Morgan fingerprint density at radius 2 is 1.95 bits per heavy atom. The fourth-order valence-electron chi connectivity index (χ4n) is 1.92. The van der Waals surface area contributed by atoms with Crippen molar-refractivity contribution in [2.24, 2.45) is 0 Å². The molecule has 2 nitrogen and oxygen atoms in total. The molecule has 2 aromatic carbocycles. The number of halogens is 3. The Kier molecular flexibility index (Phi) is 5.33. The maximum absolute atomic E-state index is 10.4. The fraction of sp³-hybridized carbons (Fsp3) is 0.200. The molecule has 2 rings (SSSR count). The number of benzene rings is 2. The van der Waals surface area contributed by atoms with Gasteiger partial charge in [-0.05, 0) is 47.5 Å². The van der Waals surface area contributed by atoms with E-state index in [0.29, 0.717) is 22.2 Å². The molecule has 0 aliphatic carbocycles. The second-order valence-corrected chi connectivity index (χ2v) is 6.04. The Bertz CT molecular complexity index is 617. The van der Waals surface area contributed by atoms with Crippen molar-refractivity contribution < 1.29 is 9.84 Å². The predicted octanol–water partition coefficient (Wildman–Crippen LogP) is 5.04. The first-order chi connectivity index (χ1) is 9.51. The molecule has 1 N–H and O–H groups in total. The van der Waals surface area contributed by atoms with Crippen molar-refractivity contribution in [3.8, 4) is 5.75 Å². The summed E-state index contributed by atoms with van der Waals surface area (Å²) in [4.78, 5) is 0. The number of hydrogen-bond acceptors (Lipinski definition) is 2. The monoisotopic (exact) mass is 374 g/mol. The van der Waals surface area contributed by atoms with Crippen molar-refractivity contribution >= 4 is 39.1 Å². The van der Waals surface area contributed by atoms with Crippen LogP contribution in [0, 0.1) is 0 Å². The molecule has 0 heterocycles. The van der Waals surface area contributed by atoms with Crippen LogP contribution in [0.15, 0.2) is 40.9 Å². The van der Waals surface area contributed by atoms with Gasteiger partial charge >= 0.3 is 0 Å². The highest BCUT2D eigenvalue weighted by molar-refractivity contribution is 9.10. The number of ether oxygens (including phenoxy) is 1. The maximum Gasteiger partial charge on any atom is 0.119 e. The van der Waals surface area contributed by atoms with Gasteiger partial charge in [-0.1, -0.05) is 39.1 Å². The maximum atomic E-state index is 10.4. The van der Waals surface area contributed by atoms with Gasteiger partial charge in [0.1, 0.15) is 5.75 Å². The topological polar surface area (TPSA) is 29.5 Å². The average Bonchev–Trinajstić information content (AvgIpc) is 2.43. The van der Waals surface area contributed by atoms with E-state index in [2.05, 4.69) is 15.9 Å². The van der Waals surface area contributed by atoms with Gasteiger partial charge in [-0.15, -0.1) is 0 Å². The van der Waals surface area contributed by atoms with Gasteiger partial charge in [-0.3, -0.25) is 0 Å². The molecule has 20 heavy (non-hydrogen) atoms. The summed E-state index contributed by atoms with van der Waals surface area (Å²) in [5.74, 6) is 0.694. The smallest absolute Gasteiger partial charge is 0.119 e. The van der Waals surface area contributed by atoms with E-state index in [9.17, 15) is 5.11 Å². The van der Waals surface area contributed by atoms with Crippen molar-refractivity contribution in [2.45, 2.75) is 12.5 Å². The third kappa shape index (κ3) is 3.67. The SMILES string of the molecule is COc1ccc(Br)c(C(O)Cc2cc(Cl)ccc2Cl)c1. The van der Waals surface area contributed by atoms with Gasteiger partial charge in [0.05, 0.1) is 13.2 Å². The molecule has 0 saturated carbocycles. The molecule has 1 atom stereocenters. The predicted molar refractivity (Wildman–Crippen MR) is 85.8 cm³/mol. The molecule has 0 amide bonds. The minimum atomic E-state index is -0.699. The van der Waals surface area contributed by atoms with Gasteiger partial charge in [-0.2, -0.15) is 0 Å². The molecule has 1 unspecified atom stereocenters. The van der Waals surface area contributed by atoms with Crippen LogP contribution in [0.5, 0.6) is 5.75 Å². The van der Waals surface area contributed by atoms with Crippen LogP contribution < -0.4 is 4.74 Å². The summed E-state index contributed by atoms with van der Waals surface area (Å²) in [7, 11) is 1.59. The lowest BCUT2D eigenvalue weighted by Crippen LogP contribution is -2.04. The van der Waals surface area contributed by atoms with E-state index in [4.69, 9.17) is 27.9 Å². The van der Waals surface area contributed by atoms with Crippen LogP contribution >= 0.6 is 39.1 Å². The van der Waals surface area contributed by atoms with Crippen LogP contribution in [-0.4, -0.2) is 12.2 Å². The van der Waals surface area contributed by atoms with Gasteiger partial charge in [0, 0.05) is 20.9 Å². The van der Waals surface area contributed by atoms with E-state index in [1.165, 1.54) is 0 Å². The molecule has 0 fully saturated rings. The first-order valence-corrected chi connectivity index (χ1v) is 7.51. The van der Waals surface area contributed by atoms with Gasteiger partial charge in [0.15, 0.2) is 0 Å². The Morgan fingerprint density at radius 1 is 1.20 bits per heavy atom. The molecular weight excluding hydrogens is 363 g/mol. The first-order valence-electron chi connectivity index (χ1n) is 5.96. The highest BCUT2D eigenvalue weighted by Crippen LogP contribution is 2.32. The molecule has 0 aliphatic heterocycles. The highest BCUT2D eigenvalue weighted by atomic mass is 79.9. The quantitative estimate of drug-likeness (QED) is 0.810. The minimum absolute atomic E-state index is 0.380. The van der Waals surface area contributed by atoms with E-state index < -0.39 is 6.10 Å². The second-order valence-electron chi connectivity index (χ2n) is 4.34. The molecule has 106 valence electrons. The van der Waals surface area contributed by atoms with E-state index in [1.807, 2.05) is 12.1 Å². The van der Waals surface area contributed by atoms with Crippen molar-refractivity contribution in [1.82, 2.24) is 0 Å². The summed E-state index contributed by atoms with van der Waals surface area (Å²) < 4.78 is 6.00. The fourth-order valence-corrected chi connectivity index (χ4v) is 2.82. The van der Waals surface area contributed by atoms with Gasteiger partial charge in [-0.25, -0.2) is 0 Å². The van der Waals surface area contributed by atoms with E-state index in [1.54, 1.807) is 31.4 Å². The summed E-state index contributed by atoms with van der Waals surface area (Å²) >= 11 is 15.5. The van der Waals surface area contributed by atoms with Crippen molar-refractivity contribution in [1.29, 1.82) is 0 Å². The highest BCUT2D eigenvalue weighted by Gasteiger charge is 2.15. The largest absolute Gasteiger partial charge is 0.497 e. The molecule has 0 radical (unpaired) electrons. The number of aliphatic hydroxyl groups excluding tert-OH is 1. The van der Waals surface area contributed by atoms with Crippen molar-refractivity contribution in [2.75, 3.05) is 7.11 Å². The molecule has 5 heteroatoms. The number of aliphatic hydroxyl groups is 1. The number of rotatable bonds is 4. The zero-order valence-corrected chi connectivity index (χ0v) is 13.8. The van der Waals surface area contributed by atoms with Crippen LogP contribution in [0.1, 0.15) is 17.2 Å². The molecule has 0 aromatic heterocycles. The molecule has 2 aromatic rings. The zero-order chi connectivity index (χ0) is 14.7. The summed E-state index contributed by atoms with van der Waals surface area (Å²) in [6.07, 6.45) is -0.319. The van der Waals surface area contributed by atoms with Crippen LogP contribution in [0.25, 0.3) is 0 Å². The lowest BCUT2D eigenvalue weighted by Gasteiger charge is -2.15. The number of methoxy groups -OCH3 is 1. The summed E-state index contributed by atoms with van der Waals surface area (Å²) in [5.41, 5.74) is 1.56. The summed E-state index contributed by atoms with van der Waals surface area (Å²) in [5, 5.41) is 11.6. The third-order valence-electron chi connectivity index (χ3n) is 2.98. The Hall–Kier alpha value is -0.740.